The van der Waals surface area contributed by atoms with E-state index in [0.29, 0.717) is 22.8 Å². The standard InChI is InChI=1S/C18H22N6O2S/c1-11(2)14-5-7-15(8-6-14)24-10-19-22-18(24)27-9-16(25)20-12(3)17-21-13(4)23-26-17/h5-8,10-12H,9H2,1-4H3,(H,20,25). The van der Waals surface area contributed by atoms with Crippen molar-refractivity contribution >= 4 is 17.7 Å². The van der Waals surface area contributed by atoms with Crippen molar-refractivity contribution < 1.29 is 9.32 Å². The van der Waals surface area contributed by atoms with Crippen molar-refractivity contribution in [2.24, 2.45) is 0 Å². The van der Waals surface area contributed by atoms with Crippen LogP contribution < -0.4 is 5.32 Å². The number of nitrogens with zero attached hydrogens (tertiary/aromatic N) is 5. The van der Waals surface area contributed by atoms with E-state index in [1.165, 1.54) is 17.3 Å². The van der Waals surface area contributed by atoms with Gasteiger partial charge in [-0.3, -0.25) is 9.36 Å². The zero-order valence-corrected chi connectivity index (χ0v) is 16.5. The Kier molecular flexibility index (Phi) is 5.90. The van der Waals surface area contributed by atoms with Gasteiger partial charge >= 0.3 is 0 Å². The molecular formula is C18H22N6O2S. The lowest BCUT2D eigenvalue weighted by Gasteiger charge is -2.10. The normalized spacial score (nSPS) is 12.3. The van der Waals surface area contributed by atoms with Gasteiger partial charge in [-0.05, 0) is 37.5 Å². The largest absolute Gasteiger partial charge is 0.344 e. The number of amides is 1. The third-order valence-electron chi connectivity index (χ3n) is 3.98. The maximum absolute atomic E-state index is 12.2. The maximum atomic E-state index is 12.2. The summed E-state index contributed by atoms with van der Waals surface area (Å²) in [6.07, 6.45) is 1.65. The number of aromatic nitrogens is 5. The summed E-state index contributed by atoms with van der Waals surface area (Å²) in [7, 11) is 0. The summed E-state index contributed by atoms with van der Waals surface area (Å²) in [4.78, 5) is 16.3. The van der Waals surface area contributed by atoms with E-state index in [1.807, 2.05) is 16.7 Å². The molecule has 3 aromatic rings. The second-order valence-electron chi connectivity index (χ2n) is 6.49. The summed E-state index contributed by atoms with van der Waals surface area (Å²) in [6.45, 7) is 7.85. The maximum Gasteiger partial charge on any atom is 0.248 e. The van der Waals surface area contributed by atoms with E-state index in [-0.39, 0.29) is 17.7 Å². The number of thioether (sulfide) groups is 1. The summed E-state index contributed by atoms with van der Waals surface area (Å²) >= 11 is 1.32. The first-order chi connectivity index (χ1) is 12.9. The van der Waals surface area contributed by atoms with Gasteiger partial charge in [0.2, 0.25) is 11.8 Å². The molecule has 27 heavy (non-hydrogen) atoms. The molecule has 0 bridgehead atoms. The SMILES string of the molecule is Cc1noc(C(C)NC(=O)CSc2nncn2-c2ccc(C(C)C)cc2)n1. The fraction of sp³-hybridized carbons (Fsp3) is 0.389. The van der Waals surface area contributed by atoms with Gasteiger partial charge in [0.1, 0.15) is 12.4 Å². The van der Waals surface area contributed by atoms with Crippen LogP contribution in [0.1, 0.15) is 50.0 Å². The Morgan fingerprint density at radius 2 is 2.00 bits per heavy atom. The van der Waals surface area contributed by atoms with Crippen molar-refractivity contribution in [1.29, 1.82) is 0 Å². The van der Waals surface area contributed by atoms with Gasteiger partial charge in [-0.1, -0.05) is 42.9 Å². The van der Waals surface area contributed by atoms with Crippen molar-refractivity contribution in [3.63, 3.8) is 0 Å². The molecule has 1 aromatic carbocycles. The molecule has 1 atom stereocenters. The van der Waals surface area contributed by atoms with Gasteiger partial charge in [0.05, 0.1) is 5.75 Å². The van der Waals surface area contributed by atoms with E-state index in [9.17, 15) is 4.79 Å². The molecule has 8 nitrogen and oxygen atoms in total. The lowest BCUT2D eigenvalue weighted by atomic mass is 10.0. The second-order valence-corrected chi connectivity index (χ2v) is 7.43. The molecule has 9 heteroatoms. The average molecular weight is 386 g/mol. The molecule has 142 valence electrons. The molecule has 2 heterocycles. The predicted octanol–water partition coefficient (Wildman–Crippen LogP) is 3.05. The number of hydrogen-bond acceptors (Lipinski definition) is 7. The first kappa shape index (κ1) is 19.1. The van der Waals surface area contributed by atoms with Crippen molar-refractivity contribution in [2.45, 2.75) is 44.8 Å². The molecule has 1 N–H and O–H groups in total. The van der Waals surface area contributed by atoms with Crippen LogP contribution >= 0.6 is 11.8 Å². The monoisotopic (exact) mass is 386 g/mol. The van der Waals surface area contributed by atoms with Crippen LogP contribution in [0, 0.1) is 6.92 Å². The Morgan fingerprint density at radius 1 is 1.26 bits per heavy atom. The second kappa shape index (κ2) is 8.34. The number of rotatable bonds is 7. The van der Waals surface area contributed by atoms with E-state index >= 15 is 0 Å². The Bertz CT molecular complexity index is 903. The number of nitrogens with one attached hydrogen (secondary N) is 1. The van der Waals surface area contributed by atoms with Gasteiger partial charge < -0.3 is 9.84 Å². The number of carbonyl (C=O) groups excluding carboxylic acids is 1. The van der Waals surface area contributed by atoms with Crippen LogP contribution in [0.15, 0.2) is 40.3 Å². The van der Waals surface area contributed by atoms with Crippen LogP contribution in [-0.2, 0) is 4.79 Å². The highest BCUT2D eigenvalue weighted by molar-refractivity contribution is 7.99. The lowest BCUT2D eigenvalue weighted by molar-refractivity contribution is -0.119. The third-order valence-corrected chi connectivity index (χ3v) is 4.92. The van der Waals surface area contributed by atoms with Gasteiger partial charge in [0, 0.05) is 5.69 Å². The molecule has 0 aliphatic heterocycles. The van der Waals surface area contributed by atoms with E-state index in [4.69, 9.17) is 4.52 Å². The zero-order chi connectivity index (χ0) is 19.4. The summed E-state index contributed by atoms with van der Waals surface area (Å²) in [6, 6.07) is 7.90. The Morgan fingerprint density at radius 3 is 2.63 bits per heavy atom. The Labute approximate surface area is 161 Å². The van der Waals surface area contributed by atoms with Crippen LogP contribution in [0.3, 0.4) is 0 Å². The van der Waals surface area contributed by atoms with Crippen LogP contribution in [0.5, 0.6) is 0 Å². The first-order valence-corrected chi connectivity index (χ1v) is 9.65. The molecule has 0 aliphatic rings. The van der Waals surface area contributed by atoms with Crippen molar-refractivity contribution in [1.82, 2.24) is 30.2 Å². The van der Waals surface area contributed by atoms with Gasteiger partial charge in [-0.15, -0.1) is 10.2 Å². The van der Waals surface area contributed by atoms with E-state index in [0.717, 1.165) is 5.69 Å². The number of carbonyl (C=O) groups is 1. The smallest absolute Gasteiger partial charge is 0.248 e. The van der Waals surface area contributed by atoms with E-state index in [2.05, 4.69) is 51.6 Å². The minimum atomic E-state index is -0.347. The summed E-state index contributed by atoms with van der Waals surface area (Å²) in [5.41, 5.74) is 2.23. The van der Waals surface area contributed by atoms with Crippen LogP contribution in [0.25, 0.3) is 5.69 Å². The molecule has 0 aliphatic carbocycles. The van der Waals surface area contributed by atoms with Crippen molar-refractivity contribution in [3.05, 3.63) is 47.9 Å². The Hall–Kier alpha value is -2.68. The van der Waals surface area contributed by atoms with Gasteiger partial charge in [-0.25, -0.2) is 0 Å². The molecule has 0 radical (unpaired) electrons. The van der Waals surface area contributed by atoms with Gasteiger partial charge in [0.15, 0.2) is 11.0 Å². The fourth-order valence-corrected chi connectivity index (χ4v) is 3.22. The highest BCUT2D eigenvalue weighted by Crippen LogP contribution is 2.22. The van der Waals surface area contributed by atoms with Crippen LogP contribution in [-0.4, -0.2) is 36.6 Å². The van der Waals surface area contributed by atoms with Crippen molar-refractivity contribution in [3.8, 4) is 5.69 Å². The number of hydrogen-bond donors (Lipinski definition) is 1. The number of aryl methyl sites for hydroxylation is 1. The highest BCUT2D eigenvalue weighted by atomic mass is 32.2. The first-order valence-electron chi connectivity index (χ1n) is 8.66. The predicted molar refractivity (Wildman–Crippen MR) is 102 cm³/mol. The minimum Gasteiger partial charge on any atom is -0.344 e. The van der Waals surface area contributed by atoms with Gasteiger partial charge in [0.25, 0.3) is 0 Å². The molecular weight excluding hydrogens is 364 g/mol. The number of benzene rings is 1. The third kappa shape index (κ3) is 4.73. The minimum absolute atomic E-state index is 0.145. The summed E-state index contributed by atoms with van der Waals surface area (Å²) < 4.78 is 6.94. The molecule has 0 spiro atoms. The van der Waals surface area contributed by atoms with Crippen LogP contribution in [0.4, 0.5) is 0 Å². The molecule has 1 unspecified atom stereocenters. The van der Waals surface area contributed by atoms with Gasteiger partial charge in [-0.2, -0.15) is 4.98 Å². The molecule has 2 aromatic heterocycles. The zero-order valence-electron chi connectivity index (χ0n) is 15.7. The lowest BCUT2D eigenvalue weighted by Crippen LogP contribution is -2.28. The molecule has 3 rings (SSSR count). The molecule has 0 saturated carbocycles. The molecule has 0 saturated heterocycles. The van der Waals surface area contributed by atoms with Crippen LogP contribution in [0.2, 0.25) is 0 Å². The van der Waals surface area contributed by atoms with E-state index in [1.54, 1.807) is 20.2 Å². The average Bonchev–Trinajstić information content (AvgIpc) is 3.29. The highest BCUT2D eigenvalue weighted by Gasteiger charge is 2.17. The fourth-order valence-electron chi connectivity index (χ4n) is 2.48. The quantitative estimate of drug-likeness (QED) is 0.623. The topological polar surface area (TPSA) is 98.7 Å². The summed E-state index contributed by atoms with van der Waals surface area (Å²) in [5, 5.41) is 15.3. The molecule has 1 amide bonds. The Balaban J connectivity index is 1.60. The van der Waals surface area contributed by atoms with Crippen molar-refractivity contribution in [2.75, 3.05) is 5.75 Å². The summed E-state index contributed by atoms with van der Waals surface area (Å²) in [5.74, 6) is 1.46. The van der Waals surface area contributed by atoms with E-state index < -0.39 is 0 Å². The molecule has 0 fully saturated rings.